The van der Waals surface area contributed by atoms with Crippen molar-refractivity contribution in [2.75, 3.05) is 13.7 Å². The zero-order valence-corrected chi connectivity index (χ0v) is 12.5. The van der Waals surface area contributed by atoms with Gasteiger partial charge in [-0.15, -0.1) is 0 Å². The van der Waals surface area contributed by atoms with E-state index >= 15 is 0 Å². The minimum atomic E-state index is -0.958. The standard InChI is InChI=1S/C15H28O4/c1-4-6-8-13(14(16)18-3)15(17)9-10-19-12(11-15)7-5-2/h12-13,17H,4-11H2,1-3H3. The first-order valence-corrected chi connectivity index (χ1v) is 7.49. The number of methoxy groups -OCH3 is 1. The van der Waals surface area contributed by atoms with Crippen molar-refractivity contribution >= 4 is 5.97 Å². The molecule has 0 bridgehead atoms. The van der Waals surface area contributed by atoms with Gasteiger partial charge in [-0.1, -0.05) is 33.1 Å². The van der Waals surface area contributed by atoms with Gasteiger partial charge in [0.05, 0.1) is 24.7 Å². The topological polar surface area (TPSA) is 55.8 Å². The van der Waals surface area contributed by atoms with Crippen LogP contribution in [0, 0.1) is 5.92 Å². The second kappa shape index (κ2) is 7.85. The molecule has 1 aliphatic heterocycles. The molecule has 1 saturated heterocycles. The molecule has 1 N–H and O–H groups in total. The van der Waals surface area contributed by atoms with Gasteiger partial charge in [0.1, 0.15) is 0 Å². The highest BCUT2D eigenvalue weighted by atomic mass is 16.5. The molecular formula is C15H28O4. The summed E-state index contributed by atoms with van der Waals surface area (Å²) in [5.74, 6) is -0.700. The number of rotatable bonds is 7. The van der Waals surface area contributed by atoms with Gasteiger partial charge in [0.25, 0.3) is 0 Å². The molecule has 0 aliphatic carbocycles. The van der Waals surface area contributed by atoms with Gasteiger partial charge in [-0.2, -0.15) is 0 Å². The highest BCUT2D eigenvalue weighted by Gasteiger charge is 2.45. The van der Waals surface area contributed by atoms with Crippen molar-refractivity contribution in [3.63, 3.8) is 0 Å². The SMILES string of the molecule is CCCCC(C(=O)OC)C1(O)CCOC(CCC)C1. The molecule has 1 aliphatic rings. The summed E-state index contributed by atoms with van der Waals surface area (Å²) in [7, 11) is 1.40. The van der Waals surface area contributed by atoms with Crippen LogP contribution in [0.1, 0.15) is 58.8 Å². The summed E-state index contributed by atoms with van der Waals surface area (Å²) in [6.45, 7) is 4.72. The fourth-order valence-electron chi connectivity index (χ4n) is 2.94. The lowest BCUT2D eigenvalue weighted by atomic mass is 9.76. The van der Waals surface area contributed by atoms with Gasteiger partial charge in [-0.05, 0) is 12.8 Å². The van der Waals surface area contributed by atoms with Gasteiger partial charge in [-0.25, -0.2) is 0 Å². The number of unbranched alkanes of at least 4 members (excludes halogenated alkanes) is 1. The Bertz CT molecular complexity index is 277. The molecule has 0 amide bonds. The third-order valence-electron chi connectivity index (χ3n) is 4.06. The van der Waals surface area contributed by atoms with E-state index in [9.17, 15) is 9.90 Å². The average Bonchev–Trinajstić information content (AvgIpc) is 2.39. The number of hydrogen-bond acceptors (Lipinski definition) is 4. The normalized spacial score (nSPS) is 28.9. The average molecular weight is 272 g/mol. The van der Waals surface area contributed by atoms with Crippen LogP contribution in [0.5, 0.6) is 0 Å². The summed E-state index contributed by atoms with van der Waals surface area (Å²) in [5.41, 5.74) is -0.958. The van der Waals surface area contributed by atoms with E-state index in [1.807, 2.05) is 0 Å². The maximum atomic E-state index is 12.0. The van der Waals surface area contributed by atoms with E-state index in [1.165, 1.54) is 7.11 Å². The molecule has 1 fully saturated rings. The Morgan fingerprint density at radius 2 is 2.21 bits per heavy atom. The Hall–Kier alpha value is -0.610. The van der Waals surface area contributed by atoms with E-state index in [0.29, 0.717) is 25.9 Å². The van der Waals surface area contributed by atoms with Crippen LogP contribution in [0.3, 0.4) is 0 Å². The number of carbonyl (C=O) groups excluding carboxylic acids is 1. The molecule has 19 heavy (non-hydrogen) atoms. The van der Waals surface area contributed by atoms with Crippen molar-refractivity contribution in [3.05, 3.63) is 0 Å². The van der Waals surface area contributed by atoms with Gasteiger partial charge < -0.3 is 14.6 Å². The van der Waals surface area contributed by atoms with Gasteiger partial charge in [0, 0.05) is 19.4 Å². The largest absolute Gasteiger partial charge is 0.469 e. The Morgan fingerprint density at radius 3 is 2.79 bits per heavy atom. The summed E-state index contributed by atoms with van der Waals surface area (Å²) in [5, 5.41) is 10.9. The van der Waals surface area contributed by atoms with Crippen molar-refractivity contribution in [2.45, 2.75) is 70.5 Å². The van der Waals surface area contributed by atoms with Crippen LogP contribution < -0.4 is 0 Å². The summed E-state index contributed by atoms with van der Waals surface area (Å²) in [6.07, 6.45) is 5.74. The highest BCUT2D eigenvalue weighted by Crippen LogP contribution is 2.36. The molecule has 1 rings (SSSR count). The van der Waals surface area contributed by atoms with Crippen molar-refractivity contribution in [3.8, 4) is 0 Å². The zero-order valence-electron chi connectivity index (χ0n) is 12.5. The lowest BCUT2D eigenvalue weighted by molar-refractivity contribution is -0.171. The Labute approximate surface area is 116 Å². The summed E-state index contributed by atoms with van der Waals surface area (Å²) >= 11 is 0. The number of carbonyl (C=O) groups is 1. The molecule has 0 aromatic rings. The number of aliphatic hydroxyl groups is 1. The first kappa shape index (κ1) is 16.4. The van der Waals surface area contributed by atoms with Gasteiger partial charge in [-0.3, -0.25) is 4.79 Å². The molecule has 4 heteroatoms. The Kier molecular flexibility index (Phi) is 6.80. The van der Waals surface area contributed by atoms with Gasteiger partial charge >= 0.3 is 5.97 Å². The number of hydrogen-bond donors (Lipinski definition) is 1. The van der Waals surface area contributed by atoms with Crippen molar-refractivity contribution in [1.82, 2.24) is 0 Å². The Balaban J connectivity index is 2.75. The molecule has 3 atom stereocenters. The molecule has 0 radical (unpaired) electrons. The molecule has 0 spiro atoms. The van der Waals surface area contributed by atoms with E-state index in [-0.39, 0.29) is 12.1 Å². The molecule has 3 unspecified atom stereocenters. The first-order valence-electron chi connectivity index (χ1n) is 7.49. The minimum Gasteiger partial charge on any atom is -0.469 e. The van der Waals surface area contributed by atoms with Crippen LogP contribution >= 0.6 is 0 Å². The quantitative estimate of drug-likeness (QED) is 0.724. The van der Waals surface area contributed by atoms with E-state index in [1.54, 1.807) is 0 Å². The van der Waals surface area contributed by atoms with E-state index in [2.05, 4.69) is 13.8 Å². The number of esters is 1. The lowest BCUT2D eigenvalue weighted by Gasteiger charge is -2.41. The van der Waals surface area contributed by atoms with Crippen LogP contribution in [0.4, 0.5) is 0 Å². The molecule has 4 nitrogen and oxygen atoms in total. The summed E-state index contributed by atoms with van der Waals surface area (Å²) in [4.78, 5) is 12.0. The summed E-state index contributed by atoms with van der Waals surface area (Å²) < 4.78 is 10.6. The second-order valence-electron chi connectivity index (χ2n) is 5.56. The second-order valence-corrected chi connectivity index (χ2v) is 5.56. The van der Waals surface area contributed by atoms with Crippen LogP contribution in [0.15, 0.2) is 0 Å². The maximum absolute atomic E-state index is 12.0. The lowest BCUT2D eigenvalue weighted by Crippen LogP contribution is -2.49. The smallest absolute Gasteiger partial charge is 0.311 e. The van der Waals surface area contributed by atoms with E-state index in [4.69, 9.17) is 9.47 Å². The van der Waals surface area contributed by atoms with Crippen molar-refractivity contribution < 1.29 is 19.4 Å². The van der Waals surface area contributed by atoms with Crippen LogP contribution in [0.2, 0.25) is 0 Å². The van der Waals surface area contributed by atoms with Gasteiger partial charge in [0.15, 0.2) is 0 Å². The first-order chi connectivity index (χ1) is 9.07. The van der Waals surface area contributed by atoms with E-state index < -0.39 is 11.5 Å². The zero-order chi connectivity index (χ0) is 14.3. The van der Waals surface area contributed by atoms with Gasteiger partial charge in [0.2, 0.25) is 0 Å². The van der Waals surface area contributed by atoms with Crippen LogP contribution in [-0.2, 0) is 14.3 Å². The number of ether oxygens (including phenoxy) is 2. The van der Waals surface area contributed by atoms with Crippen molar-refractivity contribution in [1.29, 1.82) is 0 Å². The van der Waals surface area contributed by atoms with Crippen LogP contribution in [0.25, 0.3) is 0 Å². The summed E-state index contributed by atoms with van der Waals surface area (Å²) in [6, 6.07) is 0. The Morgan fingerprint density at radius 1 is 1.47 bits per heavy atom. The molecule has 0 aromatic heterocycles. The molecule has 112 valence electrons. The minimum absolute atomic E-state index is 0.0672. The maximum Gasteiger partial charge on any atom is 0.311 e. The van der Waals surface area contributed by atoms with Crippen LogP contribution in [-0.4, -0.2) is 36.5 Å². The predicted molar refractivity (Wildman–Crippen MR) is 73.9 cm³/mol. The van der Waals surface area contributed by atoms with E-state index in [0.717, 1.165) is 25.7 Å². The molecule has 0 aromatic carbocycles. The highest BCUT2D eigenvalue weighted by molar-refractivity contribution is 5.73. The molecule has 1 heterocycles. The monoisotopic (exact) mass is 272 g/mol. The third kappa shape index (κ3) is 4.46. The predicted octanol–water partition coefficient (Wildman–Crippen LogP) is 2.68. The molecular weight excluding hydrogens is 244 g/mol. The molecule has 0 saturated carbocycles. The fraction of sp³-hybridized carbons (Fsp3) is 0.933. The fourth-order valence-corrected chi connectivity index (χ4v) is 2.94. The van der Waals surface area contributed by atoms with Crippen molar-refractivity contribution in [2.24, 2.45) is 5.92 Å². The third-order valence-corrected chi connectivity index (χ3v) is 4.06.